The first-order chi connectivity index (χ1) is 10.6. The summed E-state index contributed by atoms with van der Waals surface area (Å²) in [5, 5.41) is 0.443. The third-order valence-electron chi connectivity index (χ3n) is 2.96. The zero-order valence-corrected chi connectivity index (χ0v) is 12.6. The average Bonchev–Trinajstić information content (AvgIpc) is 2.54. The molecule has 2 aromatic carbocycles. The molecule has 6 heteroatoms. The Hall–Kier alpha value is -2.37. The monoisotopic (exact) mass is 318 g/mol. The highest BCUT2D eigenvalue weighted by Crippen LogP contribution is 2.16. The van der Waals surface area contributed by atoms with Crippen LogP contribution in [0.3, 0.4) is 0 Å². The van der Waals surface area contributed by atoms with Crippen LogP contribution in [0.1, 0.15) is 22.0 Å². The van der Waals surface area contributed by atoms with Crippen molar-refractivity contribution < 1.29 is 14.3 Å². The molecule has 0 bridgehead atoms. The lowest BCUT2D eigenvalue weighted by atomic mass is 10.1. The van der Waals surface area contributed by atoms with Gasteiger partial charge in [-0.3, -0.25) is 20.4 Å². The van der Waals surface area contributed by atoms with E-state index in [-0.39, 0.29) is 0 Å². The third-order valence-corrected chi connectivity index (χ3v) is 3.20. The Morgan fingerprint density at radius 2 is 1.77 bits per heavy atom. The molecule has 0 aromatic heterocycles. The maximum absolute atomic E-state index is 12.1. The van der Waals surface area contributed by atoms with E-state index in [0.717, 1.165) is 0 Å². The molecule has 2 rings (SSSR count). The van der Waals surface area contributed by atoms with Crippen molar-refractivity contribution in [3.63, 3.8) is 0 Å². The molecule has 2 amide bonds. The first kappa shape index (κ1) is 16.0. The number of amides is 2. The molecule has 0 unspecified atom stereocenters. The molecule has 0 saturated carbocycles. The molecular weight excluding hydrogens is 304 g/mol. The Morgan fingerprint density at radius 1 is 1.05 bits per heavy atom. The molecule has 5 nitrogen and oxygen atoms in total. The number of carbonyl (C=O) groups is 2. The Morgan fingerprint density at radius 3 is 2.41 bits per heavy atom. The van der Waals surface area contributed by atoms with Crippen molar-refractivity contribution >= 4 is 23.4 Å². The number of carbonyl (C=O) groups excluding carboxylic acids is 2. The standard InChI is InChI=1S/C16H15ClN2O3/c1-22-14(11-6-3-2-4-7-11)16(21)19-18-15(20)12-8-5-9-13(17)10-12/h2-10,14H,1H3,(H,18,20)(H,19,21)/t14-/m0/s1. The van der Waals surface area contributed by atoms with Gasteiger partial charge in [-0.05, 0) is 23.8 Å². The molecular formula is C16H15ClN2O3. The number of benzene rings is 2. The smallest absolute Gasteiger partial charge is 0.272 e. The minimum absolute atomic E-state index is 0.349. The van der Waals surface area contributed by atoms with Crippen LogP contribution in [0.2, 0.25) is 5.02 Å². The van der Waals surface area contributed by atoms with Gasteiger partial charge in [0.25, 0.3) is 11.8 Å². The highest BCUT2D eigenvalue weighted by atomic mass is 35.5. The average molecular weight is 319 g/mol. The van der Waals surface area contributed by atoms with Crippen LogP contribution in [0.15, 0.2) is 54.6 Å². The first-order valence-corrected chi connectivity index (χ1v) is 6.93. The van der Waals surface area contributed by atoms with Gasteiger partial charge < -0.3 is 4.74 Å². The summed E-state index contributed by atoms with van der Waals surface area (Å²) in [5.41, 5.74) is 5.72. The molecule has 0 fully saturated rings. The zero-order valence-electron chi connectivity index (χ0n) is 11.9. The molecule has 0 radical (unpaired) electrons. The third kappa shape index (κ3) is 4.07. The molecule has 114 valence electrons. The highest BCUT2D eigenvalue weighted by molar-refractivity contribution is 6.30. The molecule has 1 atom stereocenters. The maximum Gasteiger partial charge on any atom is 0.272 e. The lowest BCUT2D eigenvalue weighted by Crippen LogP contribution is -2.44. The van der Waals surface area contributed by atoms with Crippen molar-refractivity contribution in [2.75, 3.05) is 7.11 Å². The summed E-state index contributed by atoms with van der Waals surface area (Å²) in [6.07, 6.45) is -0.805. The largest absolute Gasteiger partial charge is 0.367 e. The van der Waals surface area contributed by atoms with Gasteiger partial charge in [-0.2, -0.15) is 0 Å². The van der Waals surface area contributed by atoms with E-state index >= 15 is 0 Å². The van der Waals surface area contributed by atoms with Gasteiger partial charge in [0.2, 0.25) is 0 Å². The fourth-order valence-corrected chi connectivity index (χ4v) is 2.10. The fraction of sp³-hybridized carbons (Fsp3) is 0.125. The van der Waals surface area contributed by atoms with Crippen molar-refractivity contribution in [2.24, 2.45) is 0 Å². The van der Waals surface area contributed by atoms with Crippen LogP contribution in [-0.4, -0.2) is 18.9 Å². The van der Waals surface area contributed by atoms with E-state index in [1.807, 2.05) is 6.07 Å². The van der Waals surface area contributed by atoms with E-state index in [4.69, 9.17) is 16.3 Å². The van der Waals surface area contributed by atoms with Crippen LogP contribution in [0.25, 0.3) is 0 Å². The molecule has 22 heavy (non-hydrogen) atoms. The highest BCUT2D eigenvalue weighted by Gasteiger charge is 2.20. The van der Waals surface area contributed by atoms with Crippen molar-refractivity contribution in [3.8, 4) is 0 Å². The van der Waals surface area contributed by atoms with Crippen LogP contribution in [-0.2, 0) is 9.53 Å². The van der Waals surface area contributed by atoms with Crippen LogP contribution < -0.4 is 10.9 Å². The number of halogens is 1. The lowest BCUT2D eigenvalue weighted by molar-refractivity contribution is -0.132. The van der Waals surface area contributed by atoms with Crippen LogP contribution in [0.4, 0.5) is 0 Å². The van der Waals surface area contributed by atoms with Crippen LogP contribution in [0, 0.1) is 0 Å². The molecule has 2 aromatic rings. The Labute approximate surface area is 133 Å². The number of methoxy groups -OCH3 is 1. The SMILES string of the molecule is CO[C@H](C(=O)NNC(=O)c1cccc(Cl)c1)c1ccccc1. The number of ether oxygens (including phenoxy) is 1. The van der Waals surface area contributed by atoms with E-state index in [0.29, 0.717) is 16.1 Å². The Bertz CT molecular complexity index is 661. The predicted molar refractivity (Wildman–Crippen MR) is 83.3 cm³/mol. The van der Waals surface area contributed by atoms with Crippen molar-refractivity contribution in [3.05, 3.63) is 70.7 Å². The van der Waals surface area contributed by atoms with E-state index in [9.17, 15) is 9.59 Å². The maximum atomic E-state index is 12.1. The zero-order chi connectivity index (χ0) is 15.9. The molecule has 0 heterocycles. The van der Waals surface area contributed by atoms with Gasteiger partial charge in [0.05, 0.1) is 0 Å². The van der Waals surface area contributed by atoms with E-state index < -0.39 is 17.9 Å². The quantitative estimate of drug-likeness (QED) is 0.851. The van der Waals surface area contributed by atoms with Gasteiger partial charge in [-0.1, -0.05) is 48.0 Å². The molecule has 0 spiro atoms. The number of hydrogen-bond donors (Lipinski definition) is 2. The summed E-state index contributed by atoms with van der Waals surface area (Å²) in [6, 6.07) is 15.4. The Kier molecular flexibility index (Phi) is 5.52. The number of rotatable bonds is 4. The van der Waals surface area contributed by atoms with Gasteiger partial charge in [0.1, 0.15) is 0 Å². The summed E-state index contributed by atoms with van der Waals surface area (Å²) in [6.45, 7) is 0. The van der Waals surface area contributed by atoms with Crippen molar-refractivity contribution in [2.45, 2.75) is 6.10 Å². The number of hydrazine groups is 1. The fourth-order valence-electron chi connectivity index (χ4n) is 1.91. The van der Waals surface area contributed by atoms with Gasteiger partial charge in [-0.15, -0.1) is 0 Å². The summed E-state index contributed by atoms with van der Waals surface area (Å²) < 4.78 is 5.17. The normalized spacial score (nSPS) is 11.5. The lowest BCUT2D eigenvalue weighted by Gasteiger charge is -2.16. The molecule has 0 saturated heterocycles. The summed E-state index contributed by atoms with van der Waals surface area (Å²) in [4.78, 5) is 24.0. The van der Waals surface area contributed by atoms with Gasteiger partial charge in [-0.25, -0.2) is 0 Å². The van der Waals surface area contributed by atoms with E-state index in [1.165, 1.54) is 13.2 Å². The van der Waals surface area contributed by atoms with Crippen molar-refractivity contribution in [1.82, 2.24) is 10.9 Å². The second-order valence-electron chi connectivity index (χ2n) is 4.48. The molecule has 0 aliphatic rings. The summed E-state index contributed by atoms with van der Waals surface area (Å²) in [5.74, 6) is -0.928. The molecule has 0 aliphatic carbocycles. The van der Waals surface area contributed by atoms with Crippen LogP contribution >= 0.6 is 11.6 Å². The first-order valence-electron chi connectivity index (χ1n) is 6.55. The Balaban J connectivity index is 1.98. The predicted octanol–water partition coefficient (Wildman–Crippen LogP) is 2.49. The van der Waals surface area contributed by atoms with Crippen molar-refractivity contribution in [1.29, 1.82) is 0 Å². The van der Waals surface area contributed by atoms with Gasteiger partial charge >= 0.3 is 0 Å². The number of nitrogens with one attached hydrogen (secondary N) is 2. The summed E-state index contributed by atoms with van der Waals surface area (Å²) in [7, 11) is 1.43. The van der Waals surface area contributed by atoms with E-state index in [1.54, 1.807) is 42.5 Å². The minimum atomic E-state index is -0.805. The second-order valence-corrected chi connectivity index (χ2v) is 4.92. The number of hydrogen-bond acceptors (Lipinski definition) is 3. The second kappa shape index (κ2) is 7.59. The van der Waals surface area contributed by atoms with Gasteiger partial charge in [0, 0.05) is 17.7 Å². The van der Waals surface area contributed by atoms with E-state index in [2.05, 4.69) is 10.9 Å². The topological polar surface area (TPSA) is 67.4 Å². The minimum Gasteiger partial charge on any atom is -0.367 e. The molecule has 0 aliphatic heterocycles. The van der Waals surface area contributed by atoms with Gasteiger partial charge in [0.15, 0.2) is 6.10 Å². The summed E-state index contributed by atoms with van der Waals surface area (Å²) >= 11 is 5.82. The van der Waals surface area contributed by atoms with Crippen LogP contribution in [0.5, 0.6) is 0 Å². The molecule has 2 N–H and O–H groups in total.